The van der Waals surface area contributed by atoms with Gasteiger partial charge in [-0.1, -0.05) is 18.2 Å². The summed E-state index contributed by atoms with van der Waals surface area (Å²) in [6.45, 7) is 0.886. The lowest BCUT2D eigenvalue weighted by Crippen LogP contribution is -2.42. The number of morpholine rings is 1. The maximum absolute atomic E-state index is 12.8. The minimum atomic E-state index is -4.81. The maximum Gasteiger partial charge on any atom is 0.573 e. The third kappa shape index (κ3) is 4.69. The molecule has 1 aliphatic heterocycles. The van der Waals surface area contributed by atoms with Crippen LogP contribution in [-0.2, 0) is 11.8 Å². The van der Waals surface area contributed by atoms with Crippen LogP contribution in [0.2, 0.25) is 0 Å². The molecule has 4 rings (SSSR count). The molecule has 162 valence electrons. The number of pyridine rings is 1. The van der Waals surface area contributed by atoms with Gasteiger partial charge >= 0.3 is 6.36 Å². The Hall–Kier alpha value is -3.40. The van der Waals surface area contributed by atoms with Crippen molar-refractivity contribution < 1.29 is 22.6 Å². The van der Waals surface area contributed by atoms with Gasteiger partial charge in [-0.25, -0.2) is 4.98 Å². The molecule has 10 heteroatoms. The van der Waals surface area contributed by atoms with E-state index in [0.29, 0.717) is 18.2 Å². The smallest absolute Gasteiger partial charge is 0.405 e. The van der Waals surface area contributed by atoms with Crippen LogP contribution < -0.4 is 15.2 Å². The van der Waals surface area contributed by atoms with Crippen molar-refractivity contribution in [2.24, 2.45) is 7.05 Å². The minimum absolute atomic E-state index is 0.207. The predicted octanol–water partition coefficient (Wildman–Crippen LogP) is 3.32. The molecule has 0 amide bonds. The van der Waals surface area contributed by atoms with Crippen molar-refractivity contribution in [2.45, 2.75) is 12.5 Å². The highest BCUT2D eigenvalue weighted by Crippen LogP contribution is 2.34. The number of halogens is 3. The topological polar surface area (TPSA) is 69.5 Å². The van der Waals surface area contributed by atoms with E-state index >= 15 is 0 Å². The van der Waals surface area contributed by atoms with Crippen molar-refractivity contribution in [2.75, 3.05) is 24.6 Å². The Balaban J connectivity index is 1.66. The number of hydrogen-bond donors (Lipinski definition) is 0. The van der Waals surface area contributed by atoms with Crippen molar-refractivity contribution >= 4 is 5.95 Å². The quantitative estimate of drug-likeness (QED) is 0.630. The van der Waals surface area contributed by atoms with Crippen molar-refractivity contribution in [3.05, 3.63) is 70.8 Å². The monoisotopic (exact) mass is 432 g/mol. The summed E-state index contributed by atoms with van der Waals surface area (Å²) in [6.07, 6.45) is -2.28. The zero-order chi connectivity index (χ0) is 22.0. The highest BCUT2D eigenvalue weighted by molar-refractivity contribution is 5.59. The van der Waals surface area contributed by atoms with Crippen LogP contribution in [0.3, 0.4) is 0 Å². The highest BCUT2D eigenvalue weighted by Gasteiger charge is 2.34. The lowest BCUT2D eigenvalue weighted by Gasteiger charge is -2.35. The first-order chi connectivity index (χ1) is 14.8. The molecule has 1 aromatic carbocycles. The predicted molar refractivity (Wildman–Crippen MR) is 107 cm³/mol. The molecule has 0 aliphatic carbocycles. The molecule has 1 fully saturated rings. The van der Waals surface area contributed by atoms with Crippen LogP contribution in [0.15, 0.2) is 59.7 Å². The lowest BCUT2D eigenvalue weighted by atomic mass is 10.1. The van der Waals surface area contributed by atoms with Crippen LogP contribution in [-0.4, -0.2) is 40.6 Å². The summed E-state index contributed by atoms with van der Waals surface area (Å²) >= 11 is 0. The van der Waals surface area contributed by atoms with Gasteiger partial charge in [0.05, 0.1) is 18.8 Å². The highest BCUT2D eigenvalue weighted by atomic mass is 19.4. The summed E-state index contributed by atoms with van der Waals surface area (Å²) in [6, 6.07) is 10.8. The molecular formula is C21H19F3N4O3. The van der Waals surface area contributed by atoms with Gasteiger partial charge in [0.15, 0.2) is 0 Å². The third-order valence-electron chi connectivity index (χ3n) is 4.93. The number of anilines is 1. The number of alkyl halides is 3. The summed E-state index contributed by atoms with van der Waals surface area (Å²) in [7, 11) is 1.60. The number of nitrogens with zero attached hydrogens (tertiary/aromatic N) is 4. The van der Waals surface area contributed by atoms with Crippen LogP contribution in [0.1, 0.15) is 11.7 Å². The minimum Gasteiger partial charge on any atom is -0.405 e. The summed E-state index contributed by atoms with van der Waals surface area (Å²) in [5.74, 6) is 0.0936. The van der Waals surface area contributed by atoms with Gasteiger partial charge in [-0.2, -0.15) is 0 Å². The largest absolute Gasteiger partial charge is 0.573 e. The van der Waals surface area contributed by atoms with Crippen molar-refractivity contribution in [3.8, 4) is 17.0 Å². The SMILES string of the molecule is Cn1c(N2CCOC(c3ccccc3OC(F)(F)F)C2)nc(-c2ccncc2)cc1=O. The Kier molecular flexibility index (Phi) is 5.64. The first kappa shape index (κ1) is 20.9. The average molecular weight is 432 g/mol. The van der Waals surface area contributed by atoms with E-state index in [-0.39, 0.29) is 30.0 Å². The molecule has 1 saturated heterocycles. The van der Waals surface area contributed by atoms with Crippen molar-refractivity contribution in [1.29, 1.82) is 0 Å². The van der Waals surface area contributed by atoms with Gasteiger partial charge in [-0.15, -0.1) is 13.2 Å². The van der Waals surface area contributed by atoms with E-state index < -0.39 is 12.5 Å². The van der Waals surface area contributed by atoms with Gasteiger partial charge in [-0.05, 0) is 18.2 Å². The zero-order valence-electron chi connectivity index (χ0n) is 16.5. The Morgan fingerprint density at radius 3 is 2.65 bits per heavy atom. The molecule has 1 unspecified atom stereocenters. The van der Waals surface area contributed by atoms with Gasteiger partial charge in [0.25, 0.3) is 5.56 Å². The number of para-hydroxylation sites is 1. The van der Waals surface area contributed by atoms with E-state index in [9.17, 15) is 18.0 Å². The zero-order valence-corrected chi connectivity index (χ0v) is 16.5. The number of aromatic nitrogens is 3. The van der Waals surface area contributed by atoms with E-state index in [1.807, 2.05) is 4.90 Å². The molecule has 0 saturated carbocycles. The number of benzene rings is 1. The van der Waals surface area contributed by atoms with E-state index in [1.165, 1.54) is 28.8 Å². The first-order valence-electron chi connectivity index (χ1n) is 9.51. The molecule has 1 aliphatic rings. The van der Waals surface area contributed by atoms with Gasteiger partial charge in [0.1, 0.15) is 11.9 Å². The molecule has 0 spiro atoms. The Morgan fingerprint density at radius 1 is 1.16 bits per heavy atom. The summed E-state index contributed by atoms with van der Waals surface area (Å²) in [5, 5.41) is 0. The third-order valence-corrected chi connectivity index (χ3v) is 4.93. The maximum atomic E-state index is 12.8. The summed E-state index contributed by atoms with van der Waals surface area (Å²) in [4.78, 5) is 23.0. The Morgan fingerprint density at radius 2 is 1.90 bits per heavy atom. The molecule has 0 radical (unpaired) electrons. The Labute approximate surface area is 175 Å². The van der Waals surface area contributed by atoms with Crippen molar-refractivity contribution in [3.63, 3.8) is 0 Å². The molecule has 0 N–H and O–H groups in total. The van der Waals surface area contributed by atoms with Crippen LogP contribution in [0, 0.1) is 0 Å². The Bertz CT molecular complexity index is 1120. The van der Waals surface area contributed by atoms with Gasteiger partial charge in [-0.3, -0.25) is 14.3 Å². The molecule has 0 bridgehead atoms. The molecule has 3 heterocycles. The fourth-order valence-corrected chi connectivity index (χ4v) is 3.46. The van der Waals surface area contributed by atoms with Gasteiger partial charge < -0.3 is 14.4 Å². The van der Waals surface area contributed by atoms with Crippen LogP contribution >= 0.6 is 0 Å². The molecule has 3 aromatic rings. The second kappa shape index (κ2) is 8.38. The molecule has 2 aromatic heterocycles. The van der Waals surface area contributed by atoms with E-state index in [4.69, 9.17) is 4.74 Å². The number of ether oxygens (including phenoxy) is 2. The van der Waals surface area contributed by atoms with E-state index in [1.54, 1.807) is 37.6 Å². The van der Waals surface area contributed by atoms with Crippen LogP contribution in [0.25, 0.3) is 11.3 Å². The fraction of sp³-hybridized carbons (Fsp3) is 0.286. The van der Waals surface area contributed by atoms with Gasteiger partial charge in [0, 0.05) is 43.2 Å². The van der Waals surface area contributed by atoms with E-state index in [2.05, 4.69) is 14.7 Å². The average Bonchev–Trinajstić information content (AvgIpc) is 2.75. The van der Waals surface area contributed by atoms with Crippen LogP contribution in [0.5, 0.6) is 5.75 Å². The van der Waals surface area contributed by atoms with E-state index in [0.717, 1.165) is 5.56 Å². The summed E-state index contributed by atoms with van der Waals surface area (Å²) < 4.78 is 49.7. The summed E-state index contributed by atoms with van der Waals surface area (Å²) in [5.41, 5.74) is 1.26. The lowest BCUT2D eigenvalue weighted by molar-refractivity contribution is -0.275. The number of rotatable bonds is 4. The standard InChI is InChI=1S/C21H19F3N4O3/c1-27-19(29)12-16(14-6-8-25-9-7-14)26-20(27)28-10-11-30-18(13-28)15-4-2-3-5-17(15)31-21(22,23)24/h2-9,12,18H,10-11,13H2,1H3. The second-order valence-corrected chi connectivity index (χ2v) is 6.97. The normalized spacial score (nSPS) is 16.9. The fourth-order valence-electron chi connectivity index (χ4n) is 3.46. The second-order valence-electron chi connectivity index (χ2n) is 6.97. The van der Waals surface area contributed by atoms with Crippen molar-refractivity contribution in [1.82, 2.24) is 14.5 Å². The van der Waals surface area contributed by atoms with Crippen LogP contribution in [0.4, 0.5) is 19.1 Å². The molecule has 31 heavy (non-hydrogen) atoms. The number of hydrogen-bond acceptors (Lipinski definition) is 6. The molecule has 7 nitrogen and oxygen atoms in total. The molecular weight excluding hydrogens is 413 g/mol. The van der Waals surface area contributed by atoms with Gasteiger partial charge in [0.2, 0.25) is 5.95 Å². The molecule has 1 atom stereocenters. The first-order valence-corrected chi connectivity index (χ1v) is 9.51.